The highest BCUT2D eigenvalue weighted by molar-refractivity contribution is 5.34. The van der Waals surface area contributed by atoms with Crippen LogP contribution >= 0.6 is 0 Å². The number of fused-ring (bicyclic) bond motifs is 1. The first-order valence-corrected chi connectivity index (χ1v) is 12.4. The minimum absolute atomic E-state index is 0.0730. The largest absolute Gasteiger partial charge is 0.487 e. The van der Waals surface area contributed by atoms with E-state index in [4.69, 9.17) is 9.47 Å². The van der Waals surface area contributed by atoms with Crippen molar-refractivity contribution in [3.05, 3.63) is 102 Å². The Hall–Kier alpha value is -2.62. The lowest BCUT2D eigenvalue weighted by atomic mass is 9.85. The maximum absolute atomic E-state index is 6.53. The van der Waals surface area contributed by atoms with Gasteiger partial charge in [-0.25, -0.2) is 0 Å². The lowest BCUT2D eigenvalue weighted by Gasteiger charge is -2.43. The number of benzene rings is 3. The van der Waals surface area contributed by atoms with Gasteiger partial charge in [-0.05, 0) is 56.3 Å². The normalized spacial score (nSPS) is 20.2. The van der Waals surface area contributed by atoms with E-state index in [-0.39, 0.29) is 11.7 Å². The van der Waals surface area contributed by atoms with Gasteiger partial charge in [0.05, 0.1) is 6.61 Å². The summed E-state index contributed by atoms with van der Waals surface area (Å²) in [5, 5.41) is 0. The quantitative estimate of drug-likeness (QED) is 0.440. The second kappa shape index (κ2) is 10.1. The van der Waals surface area contributed by atoms with Crippen LogP contribution in [-0.4, -0.2) is 36.2 Å². The molecule has 1 saturated heterocycles. The van der Waals surface area contributed by atoms with Crippen molar-refractivity contribution in [1.82, 2.24) is 4.90 Å². The Bertz CT molecular complexity index is 972. The zero-order chi connectivity index (χ0) is 22.5. The first-order valence-electron chi connectivity index (χ1n) is 12.4. The van der Waals surface area contributed by atoms with Crippen molar-refractivity contribution in [2.75, 3.05) is 19.6 Å². The van der Waals surface area contributed by atoms with Gasteiger partial charge in [-0.15, -0.1) is 0 Å². The molecule has 0 saturated carbocycles. The van der Waals surface area contributed by atoms with Crippen molar-refractivity contribution in [3.63, 3.8) is 0 Å². The molecule has 0 bridgehead atoms. The number of nitrogens with zero attached hydrogens (tertiary/aromatic N) is 1. The van der Waals surface area contributed by atoms with E-state index >= 15 is 0 Å². The SMILES string of the molecule is CC1Oc2ccccc2COC12CCN(CCCC(c1ccccc1)c1ccccc1)CC2. The summed E-state index contributed by atoms with van der Waals surface area (Å²) in [6, 6.07) is 30.2. The number of likely N-dealkylation sites (tertiary alicyclic amines) is 1. The van der Waals surface area contributed by atoms with Crippen molar-refractivity contribution in [1.29, 1.82) is 0 Å². The summed E-state index contributed by atoms with van der Waals surface area (Å²) in [5.74, 6) is 1.44. The van der Waals surface area contributed by atoms with Crippen LogP contribution in [0.5, 0.6) is 5.75 Å². The molecule has 0 radical (unpaired) electrons. The zero-order valence-electron chi connectivity index (χ0n) is 19.7. The second-order valence-corrected chi connectivity index (χ2v) is 9.58. The summed E-state index contributed by atoms with van der Waals surface area (Å²) in [6.45, 7) is 6.12. The van der Waals surface area contributed by atoms with Gasteiger partial charge in [0.1, 0.15) is 17.5 Å². The van der Waals surface area contributed by atoms with E-state index in [0.717, 1.165) is 43.8 Å². The summed E-state index contributed by atoms with van der Waals surface area (Å²) in [7, 11) is 0. The Morgan fingerprint density at radius 2 is 1.45 bits per heavy atom. The van der Waals surface area contributed by atoms with Gasteiger partial charge in [-0.2, -0.15) is 0 Å². The molecule has 0 N–H and O–H groups in total. The monoisotopic (exact) mass is 441 g/mol. The molecular weight excluding hydrogens is 406 g/mol. The number of ether oxygens (including phenoxy) is 2. The van der Waals surface area contributed by atoms with Gasteiger partial charge in [0.2, 0.25) is 0 Å². The Labute approximate surface area is 198 Å². The highest BCUT2D eigenvalue weighted by Crippen LogP contribution is 2.38. The smallest absolute Gasteiger partial charge is 0.125 e. The van der Waals surface area contributed by atoms with Crippen LogP contribution < -0.4 is 4.74 Å². The molecule has 2 heterocycles. The van der Waals surface area contributed by atoms with Crippen molar-refractivity contribution < 1.29 is 9.47 Å². The Balaban J connectivity index is 1.17. The van der Waals surface area contributed by atoms with Crippen molar-refractivity contribution in [2.45, 2.75) is 56.8 Å². The van der Waals surface area contributed by atoms with E-state index in [2.05, 4.69) is 90.7 Å². The fourth-order valence-corrected chi connectivity index (χ4v) is 5.50. The van der Waals surface area contributed by atoms with Crippen LogP contribution in [-0.2, 0) is 11.3 Å². The number of hydrogen-bond donors (Lipinski definition) is 0. The highest BCUT2D eigenvalue weighted by Gasteiger charge is 2.43. The molecule has 1 fully saturated rings. The van der Waals surface area contributed by atoms with Gasteiger partial charge in [0.25, 0.3) is 0 Å². The summed E-state index contributed by atoms with van der Waals surface area (Å²) >= 11 is 0. The average Bonchev–Trinajstić information content (AvgIpc) is 3.01. The van der Waals surface area contributed by atoms with Crippen LogP contribution in [0.2, 0.25) is 0 Å². The second-order valence-electron chi connectivity index (χ2n) is 9.58. The molecular formula is C30H35NO2. The molecule has 2 aliphatic heterocycles. The predicted molar refractivity (Wildman–Crippen MR) is 134 cm³/mol. The standard InChI is InChI=1S/C30H35NO2/c1-24-30(32-23-27-15-8-9-17-29(27)33-24)18-21-31(22-19-30)20-10-16-28(25-11-4-2-5-12-25)26-13-6-3-7-14-26/h2-9,11-15,17,24,28H,10,16,18-23H2,1H3. The third-order valence-electron chi connectivity index (χ3n) is 7.61. The molecule has 0 aliphatic carbocycles. The minimum Gasteiger partial charge on any atom is -0.487 e. The van der Waals surface area contributed by atoms with Crippen LogP contribution in [0.1, 0.15) is 55.2 Å². The van der Waals surface area contributed by atoms with Gasteiger partial charge in [-0.3, -0.25) is 0 Å². The van der Waals surface area contributed by atoms with E-state index in [1.807, 2.05) is 6.07 Å². The predicted octanol–water partition coefficient (Wildman–Crippen LogP) is 6.43. The molecule has 0 amide bonds. The molecule has 3 aromatic rings. The van der Waals surface area contributed by atoms with E-state index in [1.54, 1.807) is 0 Å². The van der Waals surface area contributed by atoms with Crippen molar-refractivity contribution in [2.24, 2.45) is 0 Å². The summed E-state index contributed by atoms with van der Waals surface area (Å²) < 4.78 is 12.9. The van der Waals surface area contributed by atoms with Gasteiger partial charge in [0, 0.05) is 24.6 Å². The van der Waals surface area contributed by atoms with Crippen molar-refractivity contribution >= 4 is 0 Å². The topological polar surface area (TPSA) is 21.7 Å². The summed E-state index contributed by atoms with van der Waals surface area (Å²) in [4.78, 5) is 2.62. The molecule has 3 heteroatoms. The third kappa shape index (κ3) is 5.00. The summed E-state index contributed by atoms with van der Waals surface area (Å²) in [5.41, 5.74) is 3.82. The van der Waals surface area contributed by atoms with Gasteiger partial charge >= 0.3 is 0 Å². The molecule has 1 atom stereocenters. The Kier molecular flexibility index (Phi) is 6.80. The lowest BCUT2D eigenvalue weighted by Crippen LogP contribution is -2.53. The van der Waals surface area contributed by atoms with Crippen LogP contribution in [0.3, 0.4) is 0 Å². The first kappa shape index (κ1) is 22.2. The zero-order valence-corrected chi connectivity index (χ0v) is 19.7. The van der Waals surface area contributed by atoms with Gasteiger partial charge in [-0.1, -0.05) is 78.9 Å². The Morgan fingerprint density at radius 1 is 0.848 bits per heavy atom. The number of rotatable bonds is 6. The maximum Gasteiger partial charge on any atom is 0.125 e. The van der Waals surface area contributed by atoms with Gasteiger partial charge < -0.3 is 14.4 Å². The maximum atomic E-state index is 6.53. The molecule has 172 valence electrons. The molecule has 33 heavy (non-hydrogen) atoms. The molecule has 1 spiro atoms. The molecule has 1 unspecified atom stereocenters. The lowest BCUT2D eigenvalue weighted by molar-refractivity contribution is -0.136. The van der Waals surface area contributed by atoms with E-state index in [9.17, 15) is 0 Å². The minimum atomic E-state index is -0.174. The highest BCUT2D eigenvalue weighted by atomic mass is 16.6. The molecule has 0 aromatic heterocycles. The molecule has 3 aromatic carbocycles. The van der Waals surface area contributed by atoms with E-state index < -0.39 is 0 Å². The van der Waals surface area contributed by atoms with E-state index in [1.165, 1.54) is 24.0 Å². The van der Waals surface area contributed by atoms with Crippen LogP contribution in [0.25, 0.3) is 0 Å². The fraction of sp³-hybridized carbons (Fsp3) is 0.400. The number of hydrogen-bond acceptors (Lipinski definition) is 3. The van der Waals surface area contributed by atoms with Crippen LogP contribution in [0.15, 0.2) is 84.9 Å². The Morgan fingerprint density at radius 3 is 2.12 bits per heavy atom. The first-order chi connectivity index (χ1) is 16.2. The average molecular weight is 442 g/mol. The molecule has 3 nitrogen and oxygen atoms in total. The summed E-state index contributed by atoms with van der Waals surface area (Å²) in [6.07, 6.45) is 4.50. The number of piperidine rings is 1. The number of para-hydroxylation sites is 1. The van der Waals surface area contributed by atoms with Crippen LogP contribution in [0, 0.1) is 0 Å². The fourth-order valence-electron chi connectivity index (χ4n) is 5.50. The van der Waals surface area contributed by atoms with Crippen molar-refractivity contribution in [3.8, 4) is 5.75 Å². The van der Waals surface area contributed by atoms with E-state index in [0.29, 0.717) is 12.5 Å². The molecule has 2 aliphatic rings. The third-order valence-corrected chi connectivity index (χ3v) is 7.61. The van der Waals surface area contributed by atoms with Crippen LogP contribution in [0.4, 0.5) is 0 Å². The van der Waals surface area contributed by atoms with Gasteiger partial charge in [0.15, 0.2) is 0 Å². The molecule has 5 rings (SSSR count).